The molecule has 2 rings (SSSR count). The molecular formula is C14H15BINO. The third-order valence-corrected chi connectivity index (χ3v) is 3.52. The second-order valence-corrected chi connectivity index (χ2v) is 5.47. The van der Waals surface area contributed by atoms with Crippen molar-refractivity contribution in [2.24, 2.45) is 0 Å². The lowest BCUT2D eigenvalue weighted by Gasteiger charge is -2.26. The molecule has 2 aromatic rings. The highest BCUT2D eigenvalue weighted by molar-refractivity contribution is 14.1. The van der Waals surface area contributed by atoms with Crippen LogP contribution in [-0.4, -0.2) is 12.1 Å². The monoisotopic (exact) mass is 351 g/mol. The second kappa shape index (κ2) is 6.25. The van der Waals surface area contributed by atoms with Crippen molar-refractivity contribution in [1.82, 2.24) is 0 Å². The van der Waals surface area contributed by atoms with Crippen LogP contribution in [0.1, 0.15) is 5.56 Å². The molecule has 0 bridgehead atoms. The van der Waals surface area contributed by atoms with Gasteiger partial charge in [0.15, 0.2) is 0 Å². The van der Waals surface area contributed by atoms with Crippen LogP contribution in [0.15, 0.2) is 54.6 Å². The molecule has 0 aliphatic heterocycles. The van der Waals surface area contributed by atoms with E-state index in [1.54, 1.807) is 6.82 Å². The molecule has 0 saturated heterocycles. The van der Waals surface area contributed by atoms with E-state index in [2.05, 4.69) is 46.9 Å². The van der Waals surface area contributed by atoms with Crippen LogP contribution in [0.4, 0.5) is 5.69 Å². The highest BCUT2D eigenvalue weighted by atomic mass is 127. The number of halogens is 1. The normalized spacial score (nSPS) is 10.2. The first kappa shape index (κ1) is 13.4. The van der Waals surface area contributed by atoms with Crippen LogP contribution in [0.2, 0.25) is 6.82 Å². The molecule has 0 aliphatic rings. The summed E-state index contributed by atoms with van der Waals surface area (Å²) in [5.41, 5.74) is 2.23. The summed E-state index contributed by atoms with van der Waals surface area (Å²) in [7, 11) is -0.508. The molecule has 0 amide bonds. The molecule has 0 aliphatic carbocycles. The molecule has 0 atom stereocenters. The number of hydrogen-bond acceptors (Lipinski definition) is 2. The van der Waals surface area contributed by atoms with Gasteiger partial charge in [0.2, 0.25) is 0 Å². The van der Waals surface area contributed by atoms with Gasteiger partial charge in [0, 0.05) is 15.8 Å². The maximum absolute atomic E-state index is 9.91. The van der Waals surface area contributed by atoms with Crippen LogP contribution in [-0.2, 0) is 6.54 Å². The van der Waals surface area contributed by atoms with Gasteiger partial charge in [0.1, 0.15) is 0 Å². The molecule has 92 valence electrons. The molecule has 0 unspecified atom stereocenters. The lowest BCUT2D eigenvalue weighted by atomic mass is 9.83. The van der Waals surface area contributed by atoms with Crippen LogP contribution in [0.3, 0.4) is 0 Å². The minimum Gasteiger partial charge on any atom is -0.432 e. The Labute approximate surface area is 122 Å². The Morgan fingerprint density at radius 1 is 1.06 bits per heavy atom. The van der Waals surface area contributed by atoms with E-state index >= 15 is 0 Å². The third-order valence-electron chi connectivity index (χ3n) is 2.81. The predicted octanol–water partition coefficient (Wildman–Crippen LogP) is 3.41. The summed E-state index contributed by atoms with van der Waals surface area (Å²) in [5.74, 6) is 0. The van der Waals surface area contributed by atoms with E-state index in [-0.39, 0.29) is 0 Å². The van der Waals surface area contributed by atoms with E-state index in [4.69, 9.17) is 0 Å². The molecule has 4 heteroatoms. The molecule has 2 aromatic carbocycles. The topological polar surface area (TPSA) is 23.5 Å². The molecular weight excluding hydrogens is 336 g/mol. The zero-order valence-electron chi connectivity index (χ0n) is 10.3. The number of benzene rings is 2. The summed E-state index contributed by atoms with van der Waals surface area (Å²) in [6, 6.07) is 18.3. The fourth-order valence-corrected chi connectivity index (χ4v) is 2.20. The van der Waals surface area contributed by atoms with Gasteiger partial charge in [0.25, 0.3) is 0 Å². The number of nitrogens with zero attached hydrogens (tertiary/aromatic N) is 1. The van der Waals surface area contributed by atoms with Gasteiger partial charge in [-0.25, -0.2) is 0 Å². The van der Waals surface area contributed by atoms with Crippen molar-refractivity contribution < 1.29 is 5.02 Å². The average Bonchev–Trinajstić information content (AvgIpc) is 2.38. The average molecular weight is 351 g/mol. The Bertz CT molecular complexity index is 487. The van der Waals surface area contributed by atoms with Gasteiger partial charge >= 0.3 is 7.05 Å². The van der Waals surface area contributed by atoms with Gasteiger partial charge in [0.05, 0.1) is 0 Å². The smallest absolute Gasteiger partial charge is 0.409 e. The van der Waals surface area contributed by atoms with E-state index in [1.165, 1.54) is 9.13 Å². The Morgan fingerprint density at radius 3 is 2.22 bits per heavy atom. The van der Waals surface area contributed by atoms with Gasteiger partial charge in [-0.2, -0.15) is 0 Å². The molecule has 0 spiro atoms. The van der Waals surface area contributed by atoms with Crippen LogP contribution in [0.25, 0.3) is 0 Å². The summed E-state index contributed by atoms with van der Waals surface area (Å²) in [6.07, 6.45) is 0. The van der Waals surface area contributed by atoms with Crippen molar-refractivity contribution in [2.75, 3.05) is 4.81 Å². The molecule has 0 aromatic heterocycles. The zero-order valence-corrected chi connectivity index (χ0v) is 12.4. The lowest BCUT2D eigenvalue weighted by molar-refractivity contribution is 0.569. The first-order chi connectivity index (χ1) is 8.66. The Hall–Kier alpha value is -1.01. The maximum atomic E-state index is 9.91. The summed E-state index contributed by atoms with van der Waals surface area (Å²) < 4.78 is 1.22. The van der Waals surface area contributed by atoms with Crippen molar-refractivity contribution in [2.45, 2.75) is 13.4 Å². The van der Waals surface area contributed by atoms with Crippen LogP contribution < -0.4 is 4.81 Å². The minimum absolute atomic E-state index is 0.508. The van der Waals surface area contributed by atoms with E-state index in [9.17, 15) is 5.02 Å². The van der Waals surface area contributed by atoms with Crippen LogP contribution in [0, 0.1) is 3.57 Å². The molecule has 1 N–H and O–H groups in total. The summed E-state index contributed by atoms with van der Waals surface area (Å²) in [6.45, 7) is 2.50. The lowest BCUT2D eigenvalue weighted by Crippen LogP contribution is -2.36. The van der Waals surface area contributed by atoms with Crippen LogP contribution >= 0.6 is 22.6 Å². The summed E-state index contributed by atoms with van der Waals surface area (Å²) in [5, 5.41) is 9.91. The number of para-hydroxylation sites is 1. The van der Waals surface area contributed by atoms with Crippen molar-refractivity contribution in [3.63, 3.8) is 0 Å². The van der Waals surface area contributed by atoms with E-state index in [0.29, 0.717) is 6.54 Å². The van der Waals surface area contributed by atoms with Crippen molar-refractivity contribution in [3.05, 3.63) is 63.7 Å². The Kier molecular flexibility index (Phi) is 4.66. The molecule has 18 heavy (non-hydrogen) atoms. The molecule has 0 radical (unpaired) electrons. The van der Waals surface area contributed by atoms with Crippen molar-refractivity contribution in [3.8, 4) is 0 Å². The fourth-order valence-electron chi connectivity index (χ4n) is 1.85. The number of rotatable bonds is 4. The van der Waals surface area contributed by atoms with Gasteiger partial charge in [-0.3, -0.25) is 0 Å². The molecule has 0 fully saturated rings. The second-order valence-electron chi connectivity index (χ2n) is 4.22. The number of anilines is 1. The van der Waals surface area contributed by atoms with Crippen LogP contribution in [0.5, 0.6) is 0 Å². The fraction of sp³-hybridized carbons (Fsp3) is 0.143. The largest absolute Gasteiger partial charge is 0.432 e. The Morgan fingerprint density at radius 2 is 1.67 bits per heavy atom. The predicted molar refractivity (Wildman–Crippen MR) is 85.6 cm³/mol. The Balaban J connectivity index is 2.19. The zero-order chi connectivity index (χ0) is 13.0. The summed E-state index contributed by atoms with van der Waals surface area (Å²) in [4.78, 5) is 1.97. The van der Waals surface area contributed by atoms with Gasteiger partial charge in [-0.1, -0.05) is 30.3 Å². The first-order valence-corrected chi connectivity index (χ1v) is 6.99. The van der Waals surface area contributed by atoms with E-state index in [1.807, 2.05) is 35.1 Å². The standard InChI is InChI=1S/C14H15BINO/c1-15(18)17(14-5-3-2-4-6-14)11-12-7-9-13(16)10-8-12/h2-10,18H,11H2,1H3. The van der Waals surface area contributed by atoms with Crippen molar-refractivity contribution in [1.29, 1.82) is 0 Å². The molecule has 2 nitrogen and oxygen atoms in total. The van der Waals surface area contributed by atoms with E-state index in [0.717, 1.165) is 5.69 Å². The SMILES string of the molecule is CB(O)N(Cc1ccc(I)cc1)c1ccccc1. The van der Waals surface area contributed by atoms with Gasteiger partial charge < -0.3 is 9.83 Å². The van der Waals surface area contributed by atoms with Gasteiger partial charge in [-0.15, -0.1) is 0 Å². The number of hydrogen-bond donors (Lipinski definition) is 1. The summed E-state index contributed by atoms with van der Waals surface area (Å²) >= 11 is 2.29. The van der Waals surface area contributed by atoms with Gasteiger partial charge in [-0.05, 0) is 59.2 Å². The molecule has 0 saturated carbocycles. The van der Waals surface area contributed by atoms with E-state index < -0.39 is 7.05 Å². The van der Waals surface area contributed by atoms with Crippen molar-refractivity contribution >= 4 is 35.3 Å². The highest BCUT2D eigenvalue weighted by Gasteiger charge is 2.16. The highest BCUT2D eigenvalue weighted by Crippen LogP contribution is 2.18. The quantitative estimate of drug-likeness (QED) is 0.674. The third kappa shape index (κ3) is 3.49. The minimum atomic E-state index is -0.508. The maximum Gasteiger partial charge on any atom is 0.409 e. The first-order valence-electron chi connectivity index (χ1n) is 5.91. The molecule has 0 heterocycles.